The molecule has 0 fully saturated rings. The van der Waals surface area contributed by atoms with Crippen LogP contribution in [-0.2, 0) is 18.9 Å². The quantitative estimate of drug-likeness (QED) is 0.387. The summed E-state index contributed by atoms with van der Waals surface area (Å²) in [5, 5.41) is 2.84. The van der Waals surface area contributed by atoms with E-state index in [4.69, 9.17) is 0 Å². The number of carbonyl (C=O) groups excluding carboxylic acids is 1. The average Bonchev–Trinajstić information content (AvgIpc) is 3.22. The molecule has 0 saturated heterocycles. The fourth-order valence-electron chi connectivity index (χ4n) is 3.30. The third-order valence-corrected chi connectivity index (χ3v) is 4.85. The van der Waals surface area contributed by atoms with Crippen molar-refractivity contribution in [2.75, 3.05) is 0 Å². The predicted octanol–water partition coefficient (Wildman–Crippen LogP) is 5.59. The number of aromatic nitrogens is 3. The maximum absolute atomic E-state index is 13.2. The van der Waals surface area contributed by atoms with Crippen LogP contribution in [0.5, 0.6) is 0 Å². The highest BCUT2D eigenvalue weighted by molar-refractivity contribution is 5.96. The molecule has 3 heterocycles. The third-order valence-electron chi connectivity index (χ3n) is 4.85. The van der Waals surface area contributed by atoms with Gasteiger partial charge in [-0.2, -0.15) is 26.3 Å². The van der Waals surface area contributed by atoms with E-state index in [0.717, 1.165) is 18.3 Å². The van der Waals surface area contributed by atoms with Crippen LogP contribution in [0.15, 0.2) is 61.1 Å². The van der Waals surface area contributed by atoms with Gasteiger partial charge in [0.25, 0.3) is 5.91 Å². The molecule has 3 aromatic heterocycles. The lowest BCUT2D eigenvalue weighted by Gasteiger charge is -2.10. The number of amides is 1. The van der Waals surface area contributed by atoms with Gasteiger partial charge in [0.1, 0.15) is 11.4 Å². The Kier molecular flexibility index (Phi) is 5.56. The van der Waals surface area contributed by atoms with Crippen LogP contribution in [-0.4, -0.2) is 20.9 Å². The van der Waals surface area contributed by atoms with Crippen LogP contribution in [0, 0.1) is 0 Å². The number of rotatable bonds is 4. The third kappa shape index (κ3) is 4.81. The highest BCUT2D eigenvalue weighted by atomic mass is 19.4. The van der Waals surface area contributed by atoms with E-state index in [1.165, 1.54) is 18.5 Å². The fraction of sp³-hybridized carbons (Fsp3) is 0.136. The molecule has 2 N–H and O–H groups in total. The normalized spacial score (nSPS) is 12.2. The molecule has 1 amide bonds. The Bertz CT molecular complexity index is 1290. The molecule has 5 nitrogen and oxygen atoms in total. The number of nitrogens with zero attached hydrogens (tertiary/aromatic N) is 2. The van der Waals surface area contributed by atoms with Crippen molar-refractivity contribution >= 4 is 16.8 Å². The monoisotopic (exact) mass is 464 g/mol. The molecule has 0 bridgehead atoms. The number of carbonyl (C=O) groups is 1. The van der Waals surface area contributed by atoms with Crippen molar-refractivity contribution in [2.45, 2.75) is 18.9 Å². The van der Waals surface area contributed by atoms with E-state index in [9.17, 15) is 31.1 Å². The predicted molar refractivity (Wildman–Crippen MR) is 107 cm³/mol. The minimum atomic E-state index is -4.63. The van der Waals surface area contributed by atoms with Gasteiger partial charge in [-0.1, -0.05) is 0 Å². The zero-order valence-electron chi connectivity index (χ0n) is 16.6. The number of nitrogens with one attached hydrogen (secondary N) is 2. The van der Waals surface area contributed by atoms with Gasteiger partial charge in [0.15, 0.2) is 0 Å². The summed E-state index contributed by atoms with van der Waals surface area (Å²) in [6.07, 6.45) is -5.38. The van der Waals surface area contributed by atoms with Gasteiger partial charge in [-0.25, -0.2) is 0 Å². The molecule has 170 valence electrons. The molecule has 0 aliphatic rings. The Hall–Kier alpha value is -3.89. The summed E-state index contributed by atoms with van der Waals surface area (Å²) in [7, 11) is 0. The van der Waals surface area contributed by atoms with E-state index in [-0.39, 0.29) is 23.0 Å². The average molecular weight is 464 g/mol. The molecule has 1 aromatic carbocycles. The number of halogens is 6. The SMILES string of the molecule is O=C(NCc1cc(-c2ccncc2)c2[nH]c(C(F)(F)F)cc2c1)c1ccc(C(F)(F)F)nc1. The molecule has 0 radical (unpaired) electrons. The lowest BCUT2D eigenvalue weighted by Crippen LogP contribution is -2.23. The molecule has 0 spiro atoms. The van der Waals surface area contributed by atoms with Crippen LogP contribution in [0.25, 0.3) is 22.0 Å². The molecule has 4 rings (SSSR count). The number of benzene rings is 1. The molecule has 0 aliphatic heterocycles. The van der Waals surface area contributed by atoms with Crippen molar-refractivity contribution < 1.29 is 31.1 Å². The first-order chi connectivity index (χ1) is 15.5. The Morgan fingerprint density at radius 2 is 1.67 bits per heavy atom. The summed E-state index contributed by atoms with van der Waals surface area (Å²) >= 11 is 0. The standard InChI is InChI=1S/C22H14F6N4O/c23-21(24,25)17-2-1-14(11-30-17)20(33)31-10-12-7-15-9-18(22(26,27)28)32-19(15)16(8-12)13-3-5-29-6-4-13/h1-9,11,32H,10H2,(H,31,33). The molecule has 33 heavy (non-hydrogen) atoms. The molecular formula is C22H14F6N4O. The number of H-pyrrole nitrogens is 1. The Labute approximate surface area is 182 Å². The van der Waals surface area contributed by atoms with Gasteiger partial charge in [-0.3, -0.25) is 14.8 Å². The van der Waals surface area contributed by atoms with Crippen molar-refractivity contribution in [2.24, 2.45) is 0 Å². The molecule has 11 heteroatoms. The van der Waals surface area contributed by atoms with Gasteiger partial charge in [0, 0.05) is 36.1 Å². The van der Waals surface area contributed by atoms with E-state index in [2.05, 4.69) is 20.3 Å². The van der Waals surface area contributed by atoms with Crippen LogP contribution in [0.3, 0.4) is 0 Å². The number of fused-ring (bicyclic) bond motifs is 1. The number of hydrogen-bond acceptors (Lipinski definition) is 3. The van der Waals surface area contributed by atoms with E-state index in [0.29, 0.717) is 22.8 Å². The maximum Gasteiger partial charge on any atom is 0.433 e. The second kappa shape index (κ2) is 8.23. The molecule has 0 atom stereocenters. The first-order valence-electron chi connectivity index (χ1n) is 9.47. The Balaban J connectivity index is 1.63. The lowest BCUT2D eigenvalue weighted by atomic mass is 10.0. The summed E-state index contributed by atoms with van der Waals surface area (Å²) in [6, 6.07) is 9.07. The topological polar surface area (TPSA) is 70.7 Å². The largest absolute Gasteiger partial charge is 0.433 e. The number of alkyl halides is 6. The molecular weight excluding hydrogens is 450 g/mol. The summed E-state index contributed by atoms with van der Waals surface area (Å²) in [5.41, 5.74) is -0.258. The maximum atomic E-state index is 13.2. The smallest absolute Gasteiger partial charge is 0.351 e. The first-order valence-corrected chi connectivity index (χ1v) is 9.47. The fourth-order valence-corrected chi connectivity index (χ4v) is 3.30. The van der Waals surface area contributed by atoms with Crippen molar-refractivity contribution in [3.05, 3.63) is 83.6 Å². The van der Waals surface area contributed by atoms with E-state index in [1.54, 1.807) is 18.2 Å². The molecule has 0 unspecified atom stereocenters. The second-order valence-corrected chi connectivity index (χ2v) is 7.14. The van der Waals surface area contributed by atoms with E-state index >= 15 is 0 Å². The lowest BCUT2D eigenvalue weighted by molar-refractivity contribution is -0.141. The molecule has 4 aromatic rings. The van der Waals surface area contributed by atoms with E-state index in [1.807, 2.05) is 0 Å². The van der Waals surface area contributed by atoms with Gasteiger partial charge < -0.3 is 10.3 Å². The summed E-state index contributed by atoms with van der Waals surface area (Å²) < 4.78 is 77.6. The van der Waals surface area contributed by atoms with Crippen LogP contribution < -0.4 is 5.32 Å². The minimum Gasteiger partial charge on any atom is -0.351 e. The van der Waals surface area contributed by atoms with Gasteiger partial charge >= 0.3 is 12.4 Å². The first kappa shape index (κ1) is 22.3. The number of aromatic amines is 1. The van der Waals surface area contributed by atoms with Gasteiger partial charge in [-0.15, -0.1) is 0 Å². The highest BCUT2D eigenvalue weighted by Gasteiger charge is 2.33. The van der Waals surface area contributed by atoms with Gasteiger partial charge in [0.05, 0.1) is 11.1 Å². The zero-order valence-corrected chi connectivity index (χ0v) is 16.6. The van der Waals surface area contributed by atoms with Crippen LogP contribution in [0.1, 0.15) is 27.3 Å². The van der Waals surface area contributed by atoms with Gasteiger partial charge in [-0.05, 0) is 53.6 Å². The van der Waals surface area contributed by atoms with Crippen LogP contribution in [0.4, 0.5) is 26.3 Å². The highest BCUT2D eigenvalue weighted by Crippen LogP contribution is 2.36. The zero-order chi connectivity index (χ0) is 23.8. The van der Waals surface area contributed by atoms with Crippen LogP contribution >= 0.6 is 0 Å². The summed E-state index contributed by atoms with van der Waals surface area (Å²) in [6.45, 7) is -0.0690. The van der Waals surface area contributed by atoms with Gasteiger partial charge in [0.2, 0.25) is 0 Å². The number of hydrogen-bond donors (Lipinski definition) is 2. The van der Waals surface area contributed by atoms with Crippen molar-refractivity contribution in [3.63, 3.8) is 0 Å². The van der Waals surface area contributed by atoms with Crippen LogP contribution in [0.2, 0.25) is 0 Å². The minimum absolute atomic E-state index is 0.0690. The summed E-state index contributed by atoms with van der Waals surface area (Å²) in [4.78, 5) is 21.9. The summed E-state index contributed by atoms with van der Waals surface area (Å²) in [5.74, 6) is -0.674. The number of pyridine rings is 2. The molecule has 0 saturated carbocycles. The van der Waals surface area contributed by atoms with Crippen molar-refractivity contribution in [1.82, 2.24) is 20.3 Å². The van der Waals surface area contributed by atoms with E-state index < -0.39 is 29.6 Å². The second-order valence-electron chi connectivity index (χ2n) is 7.14. The van der Waals surface area contributed by atoms with Crippen molar-refractivity contribution in [3.8, 4) is 11.1 Å². The Morgan fingerprint density at radius 3 is 2.27 bits per heavy atom. The Morgan fingerprint density at radius 1 is 0.939 bits per heavy atom. The molecule has 0 aliphatic carbocycles. The van der Waals surface area contributed by atoms with Crippen molar-refractivity contribution in [1.29, 1.82) is 0 Å².